The monoisotopic (exact) mass is 287 g/mol. The van der Waals surface area contributed by atoms with E-state index in [4.69, 9.17) is 10.8 Å². The Hall–Kier alpha value is -1.82. The lowest BCUT2D eigenvalue weighted by Crippen LogP contribution is -2.27. The zero-order valence-corrected chi connectivity index (χ0v) is 12.5. The first-order chi connectivity index (χ1) is 9.63. The van der Waals surface area contributed by atoms with Crippen LogP contribution in [0.1, 0.15) is 34.5 Å². The van der Waals surface area contributed by atoms with Gasteiger partial charge in [-0.3, -0.25) is 5.41 Å². The van der Waals surface area contributed by atoms with E-state index in [1.807, 2.05) is 13.8 Å². The fourth-order valence-electron chi connectivity index (χ4n) is 2.64. The van der Waals surface area contributed by atoms with Crippen molar-refractivity contribution in [2.24, 2.45) is 0 Å². The first-order valence-electron chi connectivity index (χ1n) is 6.74. The molecule has 6 heteroatoms. The lowest BCUT2D eigenvalue weighted by Gasteiger charge is -2.17. The van der Waals surface area contributed by atoms with Gasteiger partial charge in [0.05, 0.1) is 10.6 Å². The van der Waals surface area contributed by atoms with Gasteiger partial charge >= 0.3 is 0 Å². The molecule has 2 N–H and O–H groups in total. The van der Waals surface area contributed by atoms with Gasteiger partial charge in [0, 0.05) is 30.3 Å². The summed E-state index contributed by atoms with van der Waals surface area (Å²) < 4.78 is 0. The maximum absolute atomic E-state index is 8.41. The molecule has 2 aromatic heterocycles. The number of hydrogen-bond donors (Lipinski definition) is 2. The number of aryl methyl sites for hydroxylation is 2. The molecule has 1 saturated heterocycles. The van der Waals surface area contributed by atoms with E-state index in [0.717, 1.165) is 57.8 Å². The van der Waals surface area contributed by atoms with Gasteiger partial charge in [-0.2, -0.15) is 5.10 Å². The van der Waals surface area contributed by atoms with Gasteiger partial charge in [-0.25, -0.2) is 0 Å². The van der Waals surface area contributed by atoms with Crippen molar-refractivity contribution in [1.29, 1.82) is 10.8 Å². The summed E-state index contributed by atoms with van der Waals surface area (Å²) in [6, 6.07) is 0. The predicted octanol–water partition coefficient (Wildman–Crippen LogP) is 2.73. The number of nitrogens with one attached hydrogen (secondary N) is 2. The van der Waals surface area contributed by atoms with Crippen LogP contribution in [0.5, 0.6) is 0 Å². The SMILES string of the molecule is Cc1nnc2sc(C(=N)N3CCCC3)c(C=N)c2c1C. The molecule has 1 aliphatic heterocycles. The summed E-state index contributed by atoms with van der Waals surface area (Å²) in [5.41, 5.74) is 2.76. The summed E-state index contributed by atoms with van der Waals surface area (Å²) in [4.78, 5) is 3.76. The van der Waals surface area contributed by atoms with Crippen molar-refractivity contribution in [3.05, 3.63) is 21.7 Å². The molecule has 0 atom stereocenters. The topological polar surface area (TPSA) is 76.7 Å². The second kappa shape index (κ2) is 4.94. The van der Waals surface area contributed by atoms with Crippen LogP contribution in [-0.4, -0.2) is 40.2 Å². The largest absolute Gasteiger partial charge is 0.356 e. The average molecular weight is 287 g/mol. The van der Waals surface area contributed by atoms with Crippen LogP contribution < -0.4 is 0 Å². The van der Waals surface area contributed by atoms with Crippen LogP contribution in [0.4, 0.5) is 0 Å². The molecule has 0 amide bonds. The van der Waals surface area contributed by atoms with Crippen LogP contribution in [-0.2, 0) is 0 Å². The Labute approximate surface area is 121 Å². The molecular weight excluding hydrogens is 270 g/mol. The minimum atomic E-state index is 0.529. The molecular formula is C14H17N5S. The van der Waals surface area contributed by atoms with Gasteiger partial charge in [-0.1, -0.05) is 0 Å². The summed E-state index contributed by atoms with van der Waals surface area (Å²) in [5, 5.41) is 25.5. The Morgan fingerprint density at radius 2 is 1.95 bits per heavy atom. The third kappa shape index (κ3) is 1.91. The van der Waals surface area contributed by atoms with Gasteiger partial charge in [0.1, 0.15) is 10.7 Å². The molecule has 0 radical (unpaired) electrons. The van der Waals surface area contributed by atoms with Gasteiger partial charge in [-0.15, -0.1) is 16.4 Å². The van der Waals surface area contributed by atoms with Gasteiger partial charge in [0.25, 0.3) is 0 Å². The predicted molar refractivity (Wildman–Crippen MR) is 82.4 cm³/mol. The van der Waals surface area contributed by atoms with E-state index in [-0.39, 0.29) is 0 Å². The van der Waals surface area contributed by atoms with Crippen molar-refractivity contribution in [3.8, 4) is 0 Å². The third-order valence-electron chi connectivity index (χ3n) is 3.92. The van der Waals surface area contributed by atoms with Gasteiger partial charge in [-0.05, 0) is 32.3 Å². The smallest absolute Gasteiger partial charge is 0.147 e. The molecule has 0 bridgehead atoms. The molecule has 5 nitrogen and oxygen atoms in total. The molecule has 3 heterocycles. The molecule has 2 aromatic rings. The highest BCUT2D eigenvalue weighted by molar-refractivity contribution is 7.21. The number of aromatic nitrogens is 2. The second-order valence-electron chi connectivity index (χ2n) is 5.12. The number of thiophene rings is 1. The van der Waals surface area contributed by atoms with Crippen LogP contribution in [0.2, 0.25) is 0 Å². The highest BCUT2D eigenvalue weighted by atomic mass is 32.1. The van der Waals surface area contributed by atoms with Crippen molar-refractivity contribution in [1.82, 2.24) is 15.1 Å². The molecule has 0 aromatic carbocycles. The van der Waals surface area contributed by atoms with Crippen LogP contribution in [0.3, 0.4) is 0 Å². The lowest BCUT2D eigenvalue weighted by molar-refractivity contribution is 0.518. The van der Waals surface area contributed by atoms with E-state index in [1.54, 1.807) is 0 Å². The molecule has 0 unspecified atom stereocenters. The minimum Gasteiger partial charge on any atom is -0.356 e. The Morgan fingerprint density at radius 1 is 1.25 bits per heavy atom. The number of nitrogens with zero attached hydrogens (tertiary/aromatic N) is 3. The highest BCUT2D eigenvalue weighted by Crippen LogP contribution is 2.32. The summed E-state index contributed by atoms with van der Waals surface area (Å²) in [6.07, 6.45) is 3.64. The molecule has 0 aliphatic carbocycles. The van der Waals surface area contributed by atoms with Crippen molar-refractivity contribution in [2.45, 2.75) is 26.7 Å². The zero-order valence-electron chi connectivity index (χ0n) is 11.7. The Kier molecular flexibility index (Phi) is 3.25. The zero-order chi connectivity index (χ0) is 14.3. The highest BCUT2D eigenvalue weighted by Gasteiger charge is 2.23. The van der Waals surface area contributed by atoms with Crippen molar-refractivity contribution in [3.63, 3.8) is 0 Å². The third-order valence-corrected chi connectivity index (χ3v) is 5.01. The lowest BCUT2D eigenvalue weighted by atomic mass is 10.1. The van der Waals surface area contributed by atoms with E-state index in [1.165, 1.54) is 17.6 Å². The van der Waals surface area contributed by atoms with Crippen LogP contribution in [0, 0.1) is 24.7 Å². The average Bonchev–Trinajstić information content (AvgIpc) is 3.09. The summed E-state index contributed by atoms with van der Waals surface area (Å²) in [6.45, 7) is 5.82. The second-order valence-corrected chi connectivity index (χ2v) is 6.12. The van der Waals surface area contributed by atoms with Gasteiger partial charge in [0.15, 0.2) is 0 Å². The molecule has 20 heavy (non-hydrogen) atoms. The van der Waals surface area contributed by atoms with Crippen molar-refractivity contribution < 1.29 is 0 Å². The standard InChI is InChI=1S/C14H17N5S/c1-8-9(2)17-18-14-11(8)10(7-15)12(20-14)13(16)19-5-3-4-6-19/h7,15-16H,3-6H2,1-2H3. The number of rotatable bonds is 2. The fourth-order valence-corrected chi connectivity index (χ4v) is 3.78. The fraction of sp³-hybridized carbons (Fsp3) is 0.429. The number of hydrogen-bond acceptors (Lipinski definition) is 5. The molecule has 1 aliphatic rings. The Morgan fingerprint density at radius 3 is 2.60 bits per heavy atom. The molecule has 3 rings (SSSR count). The number of amidine groups is 1. The van der Waals surface area contributed by atoms with Crippen molar-refractivity contribution >= 4 is 33.6 Å². The first kappa shape index (κ1) is 13.2. The summed E-state index contributed by atoms with van der Waals surface area (Å²) in [7, 11) is 0. The van der Waals surface area contributed by atoms with Crippen molar-refractivity contribution in [2.75, 3.05) is 13.1 Å². The van der Waals surface area contributed by atoms with E-state index in [9.17, 15) is 0 Å². The van der Waals surface area contributed by atoms with E-state index in [2.05, 4.69) is 15.1 Å². The maximum Gasteiger partial charge on any atom is 0.147 e. The summed E-state index contributed by atoms with van der Waals surface area (Å²) in [5.74, 6) is 0.529. The number of fused-ring (bicyclic) bond motifs is 1. The van der Waals surface area contributed by atoms with Crippen LogP contribution in [0.25, 0.3) is 10.2 Å². The molecule has 1 fully saturated rings. The Bertz CT molecular complexity index is 697. The first-order valence-corrected chi connectivity index (χ1v) is 7.56. The van der Waals surface area contributed by atoms with E-state index in [0.29, 0.717) is 5.84 Å². The van der Waals surface area contributed by atoms with Gasteiger partial charge < -0.3 is 10.3 Å². The maximum atomic E-state index is 8.41. The van der Waals surface area contributed by atoms with E-state index >= 15 is 0 Å². The van der Waals surface area contributed by atoms with Crippen LogP contribution in [0.15, 0.2) is 0 Å². The van der Waals surface area contributed by atoms with Crippen LogP contribution >= 0.6 is 11.3 Å². The van der Waals surface area contributed by atoms with Gasteiger partial charge in [0.2, 0.25) is 0 Å². The quantitative estimate of drug-likeness (QED) is 0.658. The minimum absolute atomic E-state index is 0.529. The molecule has 0 saturated carbocycles. The molecule has 0 spiro atoms. The Balaban J connectivity index is 2.18. The number of likely N-dealkylation sites (tertiary alicyclic amines) is 1. The van der Waals surface area contributed by atoms with E-state index < -0.39 is 0 Å². The summed E-state index contributed by atoms with van der Waals surface area (Å²) >= 11 is 1.48. The normalized spacial score (nSPS) is 15.0. The molecule has 104 valence electrons.